The van der Waals surface area contributed by atoms with Gasteiger partial charge in [0.25, 0.3) is 0 Å². The summed E-state index contributed by atoms with van der Waals surface area (Å²) in [5, 5.41) is 3.61. The van der Waals surface area contributed by atoms with Crippen LogP contribution in [0, 0.1) is 0 Å². The first-order valence-electron chi connectivity index (χ1n) is 11.3. The number of guanidine groups is 1. The highest BCUT2D eigenvalue weighted by molar-refractivity contribution is 14.0. The first-order valence-corrected chi connectivity index (χ1v) is 11.3. The number of nitrogens with zero attached hydrogens (tertiary/aromatic N) is 4. The molecule has 2 saturated heterocycles. The van der Waals surface area contributed by atoms with Crippen LogP contribution in [0.15, 0.2) is 52.1 Å². The molecule has 176 valence electrons. The van der Waals surface area contributed by atoms with Gasteiger partial charge in [0.1, 0.15) is 5.76 Å². The molecule has 8 heteroatoms. The van der Waals surface area contributed by atoms with Crippen molar-refractivity contribution < 1.29 is 9.15 Å². The number of halogens is 1. The quantitative estimate of drug-likeness (QED) is 0.324. The molecule has 0 amide bonds. The lowest BCUT2D eigenvalue weighted by atomic mass is 10.1. The smallest absolute Gasteiger partial charge is 0.193 e. The molecular weight excluding hydrogens is 517 g/mol. The normalized spacial score (nSPS) is 19.9. The second kappa shape index (κ2) is 12.6. The van der Waals surface area contributed by atoms with Crippen molar-refractivity contribution in [3.8, 4) is 0 Å². The van der Waals surface area contributed by atoms with Gasteiger partial charge in [-0.3, -0.25) is 14.8 Å². The first kappa shape index (κ1) is 25.0. The van der Waals surface area contributed by atoms with Crippen LogP contribution in [0.1, 0.15) is 23.3 Å². The van der Waals surface area contributed by atoms with E-state index in [1.54, 1.807) is 6.26 Å². The molecular formula is C24H36IN5O2. The lowest BCUT2D eigenvalue weighted by Gasteiger charge is -2.32. The van der Waals surface area contributed by atoms with Gasteiger partial charge < -0.3 is 19.4 Å². The van der Waals surface area contributed by atoms with Crippen molar-refractivity contribution in [2.45, 2.75) is 32.1 Å². The van der Waals surface area contributed by atoms with Crippen LogP contribution in [0.3, 0.4) is 0 Å². The number of ether oxygens (including phenoxy) is 1. The number of hydrogen-bond acceptors (Lipinski definition) is 5. The van der Waals surface area contributed by atoms with Gasteiger partial charge in [-0.25, -0.2) is 0 Å². The minimum absolute atomic E-state index is 0. The van der Waals surface area contributed by atoms with E-state index in [0.29, 0.717) is 6.04 Å². The van der Waals surface area contributed by atoms with Gasteiger partial charge in [0.15, 0.2) is 5.96 Å². The molecule has 2 fully saturated rings. The molecule has 2 aliphatic rings. The molecule has 2 aromatic rings. The van der Waals surface area contributed by atoms with E-state index < -0.39 is 0 Å². The van der Waals surface area contributed by atoms with E-state index in [2.05, 4.69) is 56.3 Å². The molecule has 0 saturated carbocycles. The second-order valence-electron chi connectivity index (χ2n) is 8.46. The predicted molar refractivity (Wildman–Crippen MR) is 138 cm³/mol. The summed E-state index contributed by atoms with van der Waals surface area (Å²) in [6.45, 7) is 8.34. The Morgan fingerprint density at radius 3 is 2.59 bits per heavy atom. The van der Waals surface area contributed by atoms with Crippen molar-refractivity contribution in [3.05, 3.63) is 59.5 Å². The molecule has 0 bridgehead atoms. The number of morpholine rings is 1. The number of aliphatic imine (C=N–C) groups is 1. The third kappa shape index (κ3) is 6.69. The van der Waals surface area contributed by atoms with Gasteiger partial charge in [-0.15, -0.1) is 24.0 Å². The molecule has 1 unspecified atom stereocenters. The van der Waals surface area contributed by atoms with Gasteiger partial charge in [-0.1, -0.05) is 24.3 Å². The Morgan fingerprint density at radius 2 is 1.88 bits per heavy atom. The zero-order valence-corrected chi connectivity index (χ0v) is 21.5. The summed E-state index contributed by atoms with van der Waals surface area (Å²) < 4.78 is 11.0. The summed E-state index contributed by atoms with van der Waals surface area (Å²) in [6, 6.07) is 13.2. The Morgan fingerprint density at radius 1 is 1.09 bits per heavy atom. The van der Waals surface area contributed by atoms with Gasteiger partial charge in [0.2, 0.25) is 0 Å². The highest BCUT2D eigenvalue weighted by Gasteiger charge is 2.30. The van der Waals surface area contributed by atoms with E-state index in [4.69, 9.17) is 9.15 Å². The average molecular weight is 553 g/mol. The summed E-state index contributed by atoms with van der Waals surface area (Å²) in [5.41, 5.74) is 2.63. The van der Waals surface area contributed by atoms with Crippen molar-refractivity contribution in [1.29, 1.82) is 0 Å². The van der Waals surface area contributed by atoms with E-state index in [0.717, 1.165) is 70.7 Å². The first-order chi connectivity index (χ1) is 15.2. The number of rotatable bonds is 7. The highest BCUT2D eigenvalue weighted by atomic mass is 127. The van der Waals surface area contributed by atoms with Crippen LogP contribution in [0.4, 0.5) is 0 Å². The fourth-order valence-electron chi connectivity index (χ4n) is 4.58. The monoisotopic (exact) mass is 553 g/mol. The van der Waals surface area contributed by atoms with Crippen LogP contribution in [-0.2, 0) is 24.4 Å². The third-order valence-corrected chi connectivity index (χ3v) is 6.24. The fourth-order valence-corrected chi connectivity index (χ4v) is 4.58. The third-order valence-electron chi connectivity index (χ3n) is 6.24. The van der Waals surface area contributed by atoms with Gasteiger partial charge in [0.05, 0.1) is 26.0 Å². The molecule has 3 heterocycles. The van der Waals surface area contributed by atoms with Gasteiger partial charge in [-0.05, 0) is 36.7 Å². The van der Waals surface area contributed by atoms with Crippen LogP contribution in [0.25, 0.3) is 0 Å². The summed E-state index contributed by atoms with van der Waals surface area (Å²) in [6.07, 6.45) is 2.92. The van der Waals surface area contributed by atoms with Crippen molar-refractivity contribution in [2.75, 3.05) is 53.5 Å². The summed E-state index contributed by atoms with van der Waals surface area (Å²) >= 11 is 0. The Balaban J connectivity index is 0.00000289. The van der Waals surface area contributed by atoms with Crippen LogP contribution >= 0.6 is 24.0 Å². The molecule has 7 nitrogen and oxygen atoms in total. The molecule has 0 radical (unpaired) electrons. The van der Waals surface area contributed by atoms with Crippen LogP contribution < -0.4 is 5.32 Å². The molecule has 1 aromatic carbocycles. The SMILES string of the molecule is CN=C(NCc1ccccc1CN(C)Cc1ccco1)N1CCC(N2CCOCC2)C1.I. The maximum absolute atomic E-state index is 5.51. The molecule has 2 aliphatic heterocycles. The Kier molecular flexibility index (Phi) is 9.83. The summed E-state index contributed by atoms with van der Waals surface area (Å²) in [7, 11) is 4.01. The van der Waals surface area contributed by atoms with Gasteiger partial charge in [-0.2, -0.15) is 0 Å². The van der Waals surface area contributed by atoms with Gasteiger partial charge >= 0.3 is 0 Å². The molecule has 1 N–H and O–H groups in total. The van der Waals surface area contributed by atoms with Crippen molar-refractivity contribution in [1.82, 2.24) is 20.0 Å². The number of nitrogens with one attached hydrogen (secondary N) is 1. The number of benzene rings is 1. The lowest BCUT2D eigenvalue weighted by molar-refractivity contribution is 0.0195. The Bertz CT molecular complexity index is 839. The molecule has 32 heavy (non-hydrogen) atoms. The van der Waals surface area contributed by atoms with Crippen molar-refractivity contribution in [3.63, 3.8) is 0 Å². The largest absolute Gasteiger partial charge is 0.468 e. The van der Waals surface area contributed by atoms with E-state index in [-0.39, 0.29) is 24.0 Å². The maximum Gasteiger partial charge on any atom is 0.193 e. The van der Waals surface area contributed by atoms with E-state index in [9.17, 15) is 0 Å². The van der Waals surface area contributed by atoms with E-state index in [1.165, 1.54) is 17.5 Å². The van der Waals surface area contributed by atoms with Gasteiger partial charge in [0, 0.05) is 52.4 Å². The molecule has 0 aliphatic carbocycles. The van der Waals surface area contributed by atoms with Crippen molar-refractivity contribution >= 4 is 29.9 Å². The van der Waals surface area contributed by atoms with Crippen LogP contribution in [0.5, 0.6) is 0 Å². The zero-order valence-electron chi connectivity index (χ0n) is 19.2. The second-order valence-corrected chi connectivity index (χ2v) is 8.46. The molecule has 4 rings (SSSR count). The standard InChI is InChI=1S/C24H35N5O2.HI/c1-25-24(29-10-9-22(18-29)28-11-14-30-15-12-28)26-16-20-6-3-4-7-21(20)17-27(2)19-23-8-5-13-31-23;/h3-8,13,22H,9-12,14-19H2,1-2H3,(H,25,26);1H. The fraction of sp³-hybridized carbons (Fsp3) is 0.542. The van der Waals surface area contributed by atoms with Crippen LogP contribution in [-0.4, -0.2) is 80.2 Å². The summed E-state index contributed by atoms with van der Waals surface area (Å²) in [5.74, 6) is 1.98. The average Bonchev–Trinajstić information content (AvgIpc) is 3.48. The predicted octanol–water partition coefficient (Wildman–Crippen LogP) is 3.01. The van der Waals surface area contributed by atoms with E-state index >= 15 is 0 Å². The number of furan rings is 1. The topological polar surface area (TPSA) is 56.5 Å². The Hall–Kier alpha value is -1.62. The number of likely N-dealkylation sites (tertiary alicyclic amines) is 1. The molecule has 1 aromatic heterocycles. The lowest BCUT2D eigenvalue weighted by Crippen LogP contribution is -2.46. The number of hydrogen-bond donors (Lipinski definition) is 1. The Labute approximate surface area is 208 Å². The molecule has 0 spiro atoms. The van der Waals surface area contributed by atoms with E-state index in [1.807, 2.05) is 19.2 Å². The maximum atomic E-state index is 5.51. The highest BCUT2D eigenvalue weighted by Crippen LogP contribution is 2.18. The minimum atomic E-state index is 0. The summed E-state index contributed by atoms with van der Waals surface area (Å²) in [4.78, 5) is 11.8. The van der Waals surface area contributed by atoms with Crippen molar-refractivity contribution in [2.24, 2.45) is 4.99 Å². The van der Waals surface area contributed by atoms with Crippen LogP contribution in [0.2, 0.25) is 0 Å². The molecule has 1 atom stereocenters. The minimum Gasteiger partial charge on any atom is -0.468 e. The zero-order chi connectivity index (χ0) is 21.5.